The summed E-state index contributed by atoms with van der Waals surface area (Å²) in [6.45, 7) is 7.66. The normalized spacial score (nSPS) is 14.6. The molecule has 0 unspecified atom stereocenters. The third kappa shape index (κ3) is 5.71. The van der Waals surface area contributed by atoms with E-state index in [0.29, 0.717) is 11.3 Å². The van der Waals surface area contributed by atoms with Gasteiger partial charge in [-0.05, 0) is 57.3 Å². The van der Waals surface area contributed by atoms with Gasteiger partial charge < -0.3 is 25.8 Å². The number of para-hydroxylation sites is 2. The molecule has 1 heterocycles. The molecule has 0 bridgehead atoms. The Hall–Kier alpha value is -3.06. The molecular formula is C22H29N5O2. The number of rotatable bonds is 5. The van der Waals surface area contributed by atoms with E-state index in [0.717, 1.165) is 37.6 Å². The molecule has 0 atom stereocenters. The maximum Gasteiger partial charge on any atom is 0.319 e. The van der Waals surface area contributed by atoms with E-state index in [9.17, 15) is 9.59 Å². The van der Waals surface area contributed by atoms with E-state index in [2.05, 4.69) is 32.8 Å². The lowest BCUT2D eigenvalue weighted by molar-refractivity contribution is 0.102. The number of hydrogen-bond acceptors (Lipinski definition) is 4. The highest BCUT2D eigenvalue weighted by Crippen LogP contribution is 2.27. The molecule has 7 heteroatoms. The van der Waals surface area contributed by atoms with Crippen molar-refractivity contribution in [3.8, 4) is 0 Å². The van der Waals surface area contributed by atoms with Crippen LogP contribution in [0.2, 0.25) is 0 Å². The first kappa shape index (κ1) is 20.7. The molecule has 0 saturated carbocycles. The standard InChI is InChI=1S/C22H29N5O2/c1-16(2)23-22(29)24-18-10-8-17(9-11-18)21(28)25-19-6-4-5-7-20(19)27-14-12-26(3)13-15-27/h4-11,16H,12-15H2,1-3H3,(H,25,28)(H2,23,24,29). The van der Waals surface area contributed by atoms with E-state index in [1.807, 2.05) is 38.1 Å². The van der Waals surface area contributed by atoms with Crippen molar-refractivity contribution in [1.29, 1.82) is 0 Å². The monoisotopic (exact) mass is 395 g/mol. The number of amides is 3. The fourth-order valence-electron chi connectivity index (χ4n) is 3.23. The van der Waals surface area contributed by atoms with Crippen molar-refractivity contribution in [1.82, 2.24) is 10.2 Å². The predicted octanol–water partition coefficient (Wildman–Crippen LogP) is 3.22. The molecule has 7 nitrogen and oxygen atoms in total. The lowest BCUT2D eigenvalue weighted by Gasteiger charge is -2.35. The Kier molecular flexibility index (Phi) is 6.72. The molecule has 0 spiro atoms. The summed E-state index contributed by atoms with van der Waals surface area (Å²) in [6.07, 6.45) is 0. The second kappa shape index (κ2) is 9.43. The van der Waals surface area contributed by atoms with Crippen molar-refractivity contribution in [2.45, 2.75) is 19.9 Å². The van der Waals surface area contributed by atoms with Gasteiger partial charge in [-0.25, -0.2) is 4.79 Å². The van der Waals surface area contributed by atoms with E-state index in [-0.39, 0.29) is 18.0 Å². The van der Waals surface area contributed by atoms with Crippen molar-refractivity contribution < 1.29 is 9.59 Å². The number of anilines is 3. The third-order valence-corrected chi connectivity index (χ3v) is 4.82. The summed E-state index contributed by atoms with van der Waals surface area (Å²) in [6, 6.07) is 14.5. The summed E-state index contributed by atoms with van der Waals surface area (Å²) in [5, 5.41) is 8.54. The minimum atomic E-state index is -0.265. The first-order valence-corrected chi connectivity index (χ1v) is 9.94. The molecular weight excluding hydrogens is 366 g/mol. The number of nitrogens with zero attached hydrogens (tertiary/aromatic N) is 2. The highest BCUT2D eigenvalue weighted by atomic mass is 16.2. The molecule has 29 heavy (non-hydrogen) atoms. The number of likely N-dealkylation sites (N-methyl/N-ethyl adjacent to an activating group) is 1. The molecule has 3 amide bonds. The van der Waals surface area contributed by atoms with E-state index >= 15 is 0 Å². The van der Waals surface area contributed by atoms with Gasteiger partial charge in [0.15, 0.2) is 0 Å². The molecule has 3 rings (SSSR count). The average Bonchev–Trinajstić information content (AvgIpc) is 2.69. The third-order valence-electron chi connectivity index (χ3n) is 4.82. The Morgan fingerprint density at radius 3 is 2.21 bits per heavy atom. The van der Waals surface area contributed by atoms with Crippen LogP contribution < -0.4 is 20.9 Å². The van der Waals surface area contributed by atoms with Gasteiger partial charge in [0, 0.05) is 43.5 Å². The molecule has 1 fully saturated rings. The largest absolute Gasteiger partial charge is 0.367 e. The Balaban J connectivity index is 1.65. The fraction of sp³-hybridized carbons (Fsp3) is 0.364. The van der Waals surface area contributed by atoms with Crippen LogP contribution in [0, 0.1) is 0 Å². The van der Waals surface area contributed by atoms with E-state index in [4.69, 9.17) is 0 Å². The van der Waals surface area contributed by atoms with Crippen molar-refractivity contribution in [3.63, 3.8) is 0 Å². The van der Waals surface area contributed by atoms with E-state index in [1.54, 1.807) is 24.3 Å². The van der Waals surface area contributed by atoms with Crippen LogP contribution in [0.5, 0.6) is 0 Å². The SMILES string of the molecule is CC(C)NC(=O)Nc1ccc(C(=O)Nc2ccccc2N2CCN(C)CC2)cc1. The summed E-state index contributed by atoms with van der Waals surface area (Å²) in [5.74, 6) is -0.176. The zero-order valence-electron chi connectivity index (χ0n) is 17.2. The molecule has 3 N–H and O–H groups in total. The minimum absolute atomic E-state index is 0.0559. The molecule has 154 valence electrons. The number of piperazine rings is 1. The summed E-state index contributed by atoms with van der Waals surface area (Å²) < 4.78 is 0. The summed E-state index contributed by atoms with van der Waals surface area (Å²) in [4.78, 5) is 29.1. The van der Waals surface area contributed by atoms with Gasteiger partial charge in [-0.2, -0.15) is 0 Å². The maximum absolute atomic E-state index is 12.7. The minimum Gasteiger partial charge on any atom is -0.367 e. The van der Waals surface area contributed by atoms with Crippen LogP contribution in [-0.4, -0.2) is 56.1 Å². The average molecular weight is 396 g/mol. The Bertz CT molecular complexity index is 843. The van der Waals surface area contributed by atoms with Crippen molar-refractivity contribution in [2.75, 3.05) is 48.8 Å². The smallest absolute Gasteiger partial charge is 0.319 e. The first-order valence-electron chi connectivity index (χ1n) is 9.94. The van der Waals surface area contributed by atoms with Crippen molar-refractivity contribution in [2.24, 2.45) is 0 Å². The second-order valence-corrected chi connectivity index (χ2v) is 7.59. The Morgan fingerprint density at radius 1 is 0.897 bits per heavy atom. The van der Waals surface area contributed by atoms with Gasteiger partial charge in [-0.3, -0.25) is 4.79 Å². The summed E-state index contributed by atoms with van der Waals surface area (Å²) in [7, 11) is 2.12. The molecule has 2 aromatic rings. The predicted molar refractivity (Wildman–Crippen MR) is 118 cm³/mol. The first-order chi connectivity index (χ1) is 13.9. The highest BCUT2D eigenvalue weighted by molar-refractivity contribution is 6.06. The van der Waals surface area contributed by atoms with Gasteiger partial charge in [0.1, 0.15) is 0 Å². The highest BCUT2D eigenvalue weighted by Gasteiger charge is 2.18. The van der Waals surface area contributed by atoms with Gasteiger partial charge in [-0.1, -0.05) is 12.1 Å². The molecule has 0 radical (unpaired) electrons. The number of carbonyl (C=O) groups excluding carboxylic acids is 2. The van der Waals surface area contributed by atoms with Gasteiger partial charge in [0.2, 0.25) is 0 Å². The number of benzene rings is 2. The van der Waals surface area contributed by atoms with Crippen LogP contribution in [0.1, 0.15) is 24.2 Å². The van der Waals surface area contributed by atoms with Crippen LogP contribution in [0.4, 0.5) is 21.9 Å². The molecule has 2 aromatic carbocycles. The molecule has 1 aliphatic rings. The van der Waals surface area contributed by atoms with Gasteiger partial charge in [-0.15, -0.1) is 0 Å². The van der Waals surface area contributed by atoms with Crippen LogP contribution in [-0.2, 0) is 0 Å². The van der Waals surface area contributed by atoms with Crippen LogP contribution >= 0.6 is 0 Å². The van der Waals surface area contributed by atoms with Crippen molar-refractivity contribution >= 4 is 29.0 Å². The lowest BCUT2D eigenvalue weighted by atomic mass is 10.1. The lowest BCUT2D eigenvalue weighted by Crippen LogP contribution is -2.44. The summed E-state index contributed by atoms with van der Waals surface area (Å²) >= 11 is 0. The van der Waals surface area contributed by atoms with Crippen LogP contribution in [0.3, 0.4) is 0 Å². The quantitative estimate of drug-likeness (QED) is 0.727. The van der Waals surface area contributed by atoms with Gasteiger partial charge >= 0.3 is 6.03 Å². The van der Waals surface area contributed by atoms with E-state index in [1.165, 1.54) is 0 Å². The zero-order chi connectivity index (χ0) is 20.8. The fourth-order valence-corrected chi connectivity index (χ4v) is 3.23. The summed E-state index contributed by atoms with van der Waals surface area (Å²) in [5.41, 5.74) is 3.02. The molecule has 1 aliphatic heterocycles. The Morgan fingerprint density at radius 2 is 1.55 bits per heavy atom. The number of hydrogen-bond donors (Lipinski definition) is 3. The maximum atomic E-state index is 12.7. The topological polar surface area (TPSA) is 76.7 Å². The molecule has 0 aromatic heterocycles. The van der Waals surface area contributed by atoms with E-state index < -0.39 is 0 Å². The number of carbonyl (C=O) groups is 2. The zero-order valence-corrected chi connectivity index (χ0v) is 17.2. The Labute approximate surface area is 172 Å². The van der Waals surface area contributed by atoms with Crippen LogP contribution in [0.25, 0.3) is 0 Å². The molecule has 0 aliphatic carbocycles. The number of nitrogens with one attached hydrogen (secondary N) is 3. The molecule has 1 saturated heterocycles. The van der Waals surface area contributed by atoms with Crippen molar-refractivity contribution in [3.05, 3.63) is 54.1 Å². The second-order valence-electron chi connectivity index (χ2n) is 7.59. The van der Waals surface area contributed by atoms with Gasteiger partial charge in [0.05, 0.1) is 11.4 Å². The van der Waals surface area contributed by atoms with Gasteiger partial charge in [0.25, 0.3) is 5.91 Å². The van der Waals surface area contributed by atoms with Crippen LogP contribution in [0.15, 0.2) is 48.5 Å². The number of urea groups is 1.